The molecule has 2 aliphatic rings. The number of nitrogens with zero attached hydrogens (tertiary/aromatic N) is 5. The van der Waals surface area contributed by atoms with Crippen LogP contribution < -0.4 is 20.4 Å². The minimum absolute atomic E-state index is 0.0933. The van der Waals surface area contributed by atoms with Crippen molar-refractivity contribution < 1.29 is 27.5 Å². The second kappa shape index (κ2) is 14.1. The number of nitriles is 1. The van der Waals surface area contributed by atoms with Gasteiger partial charge in [-0.2, -0.15) is 18.4 Å². The number of aromatic nitrogens is 2. The second-order valence-corrected chi connectivity index (χ2v) is 12.3. The first-order chi connectivity index (χ1) is 20.8. The molecular weight excluding hydrogens is 575 g/mol. The average Bonchev–Trinajstić information content (AvgIpc) is 3.47. The summed E-state index contributed by atoms with van der Waals surface area (Å²) in [5, 5.41) is 14.6. The fourth-order valence-corrected chi connectivity index (χ4v) is 5.51. The third-order valence-electron chi connectivity index (χ3n) is 7.76. The third kappa shape index (κ3) is 9.21. The van der Waals surface area contributed by atoms with Gasteiger partial charge in [-0.3, -0.25) is 4.79 Å². The zero-order valence-corrected chi connectivity index (χ0v) is 25.4. The van der Waals surface area contributed by atoms with Crippen molar-refractivity contribution in [1.82, 2.24) is 20.6 Å². The first-order valence-electron chi connectivity index (χ1n) is 15.0. The molecule has 2 aliphatic heterocycles. The molecule has 1 aromatic heterocycles. The largest absolute Gasteiger partial charge is 0.451 e. The lowest BCUT2D eigenvalue weighted by atomic mass is 9.93. The summed E-state index contributed by atoms with van der Waals surface area (Å²) in [6, 6.07) is 10.1. The van der Waals surface area contributed by atoms with Crippen LogP contribution in [0, 0.1) is 17.2 Å². The van der Waals surface area contributed by atoms with Gasteiger partial charge in [0.2, 0.25) is 11.7 Å². The van der Waals surface area contributed by atoms with E-state index in [-0.39, 0.29) is 17.5 Å². The molecule has 10 nitrogen and oxygen atoms in total. The lowest BCUT2D eigenvalue weighted by Crippen LogP contribution is -2.44. The number of benzene rings is 1. The van der Waals surface area contributed by atoms with Crippen LogP contribution in [0.4, 0.5) is 29.6 Å². The summed E-state index contributed by atoms with van der Waals surface area (Å²) in [6.45, 7) is 7.66. The Morgan fingerprint density at radius 3 is 2.32 bits per heavy atom. The van der Waals surface area contributed by atoms with E-state index in [2.05, 4.69) is 26.7 Å². The third-order valence-corrected chi connectivity index (χ3v) is 7.76. The fraction of sp³-hybridized carbons (Fsp3) is 0.581. The molecule has 13 heteroatoms. The van der Waals surface area contributed by atoms with Crippen molar-refractivity contribution in [2.75, 3.05) is 42.5 Å². The average molecular weight is 616 g/mol. The lowest BCUT2D eigenvalue weighted by molar-refractivity contribution is -0.144. The highest BCUT2D eigenvalue weighted by molar-refractivity contribution is 5.85. The van der Waals surface area contributed by atoms with Gasteiger partial charge < -0.3 is 25.2 Å². The molecule has 0 saturated carbocycles. The van der Waals surface area contributed by atoms with Crippen LogP contribution in [-0.2, 0) is 22.1 Å². The molecule has 0 bridgehead atoms. The van der Waals surface area contributed by atoms with Crippen molar-refractivity contribution in [3.05, 3.63) is 47.3 Å². The number of alkyl halides is 3. The number of piperidine rings is 1. The summed E-state index contributed by atoms with van der Waals surface area (Å²) in [6.07, 6.45) is -1.27. The Morgan fingerprint density at radius 1 is 1.00 bits per heavy atom. The van der Waals surface area contributed by atoms with Crippen LogP contribution >= 0.6 is 0 Å². The molecule has 238 valence electrons. The Morgan fingerprint density at radius 2 is 1.68 bits per heavy atom. The maximum absolute atomic E-state index is 13.9. The quantitative estimate of drug-likeness (QED) is 0.412. The molecule has 0 radical (unpaired) electrons. The molecule has 0 unspecified atom stereocenters. The number of anilines is 2. The highest BCUT2D eigenvalue weighted by Crippen LogP contribution is 2.34. The highest BCUT2D eigenvalue weighted by Gasteiger charge is 2.39. The molecule has 4 rings (SSSR count). The molecule has 0 spiro atoms. The Labute approximate surface area is 256 Å². The molecule has 2 N–H and O–H groups in total. The minimum Gasteiger partial charge on any atom is -0.444 e. The first-order valence-corrected chi connectivity index (χ1v) is 15.0. The summed E-state index contributed by atoms with van der Waals surface area (Å²) in [7, 11) is 0. The van der Waals surface area contributed by atoms with Crippen molar-refractivity contribution in [2.45, 2.75) is 77.1 Å². The van der Waals surface area contributed by atoms with E-state index in [9.17, 15) is 22.8 Å². The number of ether oxygens (including phenoxy) is 1. The minimum atomic E-state index is -4.74. The van der Waals surface area contributed by atoms with Crippen molar-refractivity contribution in [3.8, 4) is 6.07 Å². The van der Waals surface area contributed by atoms with Gasteiger partial charge >= 0.3 is 12.3 Å². The second-order valence-electron chi connectivity index (χ2n) is 12.3. The van der Waals surface area contributed by atoms with E-state index in [1.807, 2.05) is 17.0 Å². The van der Waals surface area contributed by atoms with Gasteiger partial charge in [0.15, 0.2) is 0 Å². The summed E-state index contributed by atoms with van der Waals surface area (Å²) in [4.78, 5) is 36.2. The van der Waals surface area contributed by atoms with Crippen LogP contribution in [0.15, 0.2) is 30.3 Å². The maximum Gasteiger partial charge on any atom is 0.451 e. The number of alkyl carbamates (subject to hydrolysis) is 1. The molecule has 1 aromatic carbocycles. The van der Waals surface area contributed by atoms with Crippen molar-refractivity contribution in [1.29, 1.82) is 5.26 Å². The number of hydrogen-bond donors (Lipinski definition) is 2. The van der Waals surface area contributed by atoms with Crippen LogP contribution in [0.5, 0.6) is 0 Å². The van der Waals surface area contributed by atoms with E-state index in [4.69, 9.17) is 10.00 Å². The van der Waals surface area contributed by atoms with Crippen LogP contribution in [0.3, 0.4) is 0 Å². The number of carbonyl (C=O) groups is 2. The molecule has 3 heterocycles. The van der Waals surface area contributed by atoms with E-state index in [1.165, 1.54) is 0 Å². The number of nitrogens with one attached hydrogen (secondary N) is 2. The lowest BCUT2D eigenvalue weighted by Gasteiger charge is -2.34. The molecule has 2 saturated heterocycles. The summed E-state index contributed by atoms with van der Waals surface area (Å²) in [5.74, 6) is -0.887. The number of rotatable bonds is 9. The van der Waals surface area contributed by atoms with Gasteiger partial charge in [0.05, 0.1) is 11.6 Å². The van der Waals surface area contributed by atoms with Gasteiger partial charge in [0.1, 0.15) is 23.3 Å². The van der Waals surface area contributed by atoms with Gasteiger partial charge in [-0.05, 0) is 82.9 Å². The summed E-state index contributed by atoms with van der Waals surface area (Å²) in [5.41, 5.74) is 0.942. The topological polar surface area (TPSA) is 123 Å². The van der Waals surface area contributed by atoms with E-state index in [0.29, 0.717) is 63.5 Å². The van der Waals surface area contributed by atoms with Gasteiger partial charge in [-0.15, -0.1) is 0 Å². The van der Waals surface area contributed by atoms with E-state index in [0.717, 1.165) is 24.8 Å². The van der Waals surface area contributed by atoms with Gasteiger partial charge in [0, 0.05) is 38.8 Å². The number of carbonyl (C=O) groups excluding carboxylic acids is 2. The molecule has 2 fully saturated rings. The molecular formula is C31H40F3N7O3. The van der Waals surface area contributed by atoms with Crippen molar-refractivity contribution >= 4 is 23.6 Å². The zero-order chi connectivity index (χ0) is 31.9. The Bertz CT molecular complexity index is 1330. The van der Waals surface area contributed by atoms with Gasteiger partial charge in [0.25, 0.3) is 0 Å². The Hall–Kier alpha value is -4.08. The number of halogens is 3. The Balaban J connectivity index is 1.37. The fourth-order valence-electron chi connectivity index (χ4n) is 5.51. The predicted molar refractivity (Wildman–Crippen MR) is 159 cm³/mol. The predicted octanol–water partition coefficient (Wildman–Crippen LogP) is 4.83. The molecule has 44 heavy (non-hydrogen) atoms. The van der Waals surface area contributed by atoms with Crippen LogP contribution in [-0.4, -0.2) is 66.3 Å². The smallest absolute Gasteiger partial charge is 0.444 e. The van der Waals surface area contributed by atoms with Crippen molar-refractivity contribution in [3.63, 3.8) is 0 Å². The Kier molecular flexibility index (Phi) is 10.5. The summed E-state index contributed by atoms with van der Waals surface area (Å²) < 4.78 is 47.0. The van der Waals surface area contributed by atoms with E-state index >= 15 is 0 Å². The highest BCUT2D eigenvalue weighted by atomic mass is 19.4. The normalized spacial score (nSPS) is 17.7. The maximum atomic E-state index is 13.9. The van der Waals surface area contributed by atoms with Crippen LogP contribution in [0.25, 0.3) is 0 Å². The first kappa shape index (κ1) is 32.8. The van der Waals surface area contributed by atoms with E-state index < -0.39 is 29.7 Å². The monoisotopic (exact) mass is 615 g/mol. The molecule has 2 aromatic rings. The number of amides is 2. The summed E-state index contributed by atoms with van der Waals surface area (Å²) >= 11 is 0. The van der Waals surface area contributed by atoms with E-state index in [1.54, 1.807) is 43.9 Å². The van der Waals surface area contributed by atoms with Crippen LogP contribution in [0.2, 0.25) is 0 Å². The molecule has 0 aliphatic carbocycles. The van der Waals surface area contributed by atoms with Gasteiger partial charge in [-0.1, -0.05) is 12.1 Å². The molecule has 2 amide bonds. The number of hydrogen-bond acceptors (Lipinski definition) is 8. The standard InChI is InChI=1S/C31H40F3N7O3/c1-30(2,3)44-29(43)37-15-11-22-12-17-40(18-13-22)25-19-26(39-28(38-25)31(32,33)34)41-16-4-5-24(41)27(42)36-14-10-21-6-8-23(20-35)9-7-21/h6-9,19,22,24H,4-5,10-18H2,1-3H3,(H,36,42)(H,37,43)/t24-/m0/s1. The SMILES string of the molecule is CC(C)(C)OC(=O)NCCC1CCN(c2cc(N3CCC[C@H]3C(=O)NCCc3ccc(C#N)cc3)nc(C(F)(F)F)n2)CC1. The van der Waals surface area contributed by atoms with Crippen molar-refractivity contribution in [2.24, 2.45) is 5.92 Å². The molecule has 1 atom stereocenters. The van der Waals surface area contributed by atoms with Crippen LogP contribution in [0.1, 0.15) is 69.8 Å². The van der Waals surface area contributed by atoms with Gasteiger partial charge in [-0.25, -0.2) is 14.8 Å². The zero-order valence-electron chi connectivity index (χ0n) is 25.4.